The molecule has 0 aliphatic carbocycles. The van der Waals surface area contributed by atoms with Gasteiger partial charge in [-0.15, -0.1) is 0 Å². The molecule has 0 atom stereocenters. The molecule has 1 aliphatic heterocycles. The minimum Gasteiger partial charge on any atom is -0.481 e. The van der Waals surface area contributed by atoms with E-state index >= 15 is 0 Å². The summed E-state index contributed by atoms with van der Waals surface area (Å²) in [6, 6.07) is 8.84. The third-order valence-electron chi connectivity index (χ3n) is 4.86. The number of carboxylic acid groups (broad SMARTS) is 1. The van der Waals surface area contributed by atoms with E-state index in [2.05, 4.69) is 0 Å². The molecule has 28 heavy (non-hydrogen) atoms. The van der Waals surface area contributed by atoms with Crippen LogP contribution in [0.4, 0.5) is 4.39 Å². The molecule has 0 unspecified atom stereocenters. The van der Waals surface area contributed by atoms with E-state index in [1.54, 1.807) is 23.1 Å². The molecule has 8 heteroatoms. The summed E-state index contributed by atoms with van der Waals surface area (Å²) >= 11 is 0. The number of piperidine rings is 1. The number of halogens is 1. The lowest BCUT2D eigenvalue weighted by Gasteiger charge is -2.31. The zero-order valence-electron chi connectivity index (χ0n) is 15.4. The van der Waals surface area contributed by atoms with E-state index in [0.717, 1.165) is 0 Å². The lowest BCUT2D eigenvalue weighted by atomic mass is 9.97. The Kier molecular flexibility index (Phi) is 5.77. The molecule has 3 rings (SSSR count). The van der Waals surface area contributed by atoms with Gasteiger partial charge in [0, 0.05) is 25.7 Å². The molecule has 0 radical (unpaired) electrons. The number of nitrogens with zero attached hydrogens (tertiary/aromatic N) is 2. The van der Waals surface area contributed by atoms with Crippen molar-refractivity contribution in [1.29, 1.82) is 0 Å². The van der Waals surface area contributed by atoms with E-state index in [0.29, 0.717) is 37.3 Å². The van der Waals surface area contributed by atoms with Gasteiger partial charge < -0.3 is 19.3 Å². The molecule has 1 aliphatic rings. The van der Waals surface area contributed by atoms with Gasteiger partial charge in [-0.25, -0.2) is 4.39 Å². The van der Waals surface area contributed by atoms with Crippen LogP contribution in [-0.2, 0) is 9.59 Å². The first kappa shape index (κ1) is 19.6. The van der Waals surface area contributed by atoms with Gasteiger partial charge in [-0.1, -0.05) is 0 Å². The van der Waals surface area contributed by atoms with Crippen molar-refractivity contribution in [2.24, 2.45) is 5.92 Å². The van der Waals surface area contributed by atoms with Crippen molar-refractivity contribution >= 4 is 17.8 Å². The summed E-state index contributed by atoms with van der Waals surface area (Å²) in [5, 5.41) is 9.02. The molecule has 1 N–H and O–H groups in total. The number of carbonyl (C=O) groups excluding carboxylic acids is 2. The lowest BCUT2D eigenvalue weighted by Crippen LogP contribution is -2.45. The maximum absolute atomic E-state index is 13.0. The molecule has 1 aromatic carbocycles. The molecular formula is C20H21FN2O5. The average Bonchev–Trinajstić information content (AvgIpc) is 3.18. The number of furan rings is 1. The number of aliphatic carboxylic acids is 1. The first-order valence-corrected chi connectivity index (χ1v) is 8.97. The highest BCUT2D eigenvalue weighted by Gasteiger charge is 2.28. The van der Waals surface area contributed by atoms with E-state index in [-0.39, 0.29) is 24.0 Å². The number of likely N-dealkylation sites (tertiary alicyclic amines) is 1. The maximum Gasteiger partial charge on any atom is 0.306 e. The Morgan fingerprint density at radius 1 is 1.14 bits per heavy atom. The average molecular weight is 388 g/mol. The van der Waals surface area contributed by atoms with Gasteiger partial charge in [-0.05, 0) is 49.2 Å². The Bertz CT molecular complexity index is 869. The fourth-order valence-corrected chi connectivity index (χ4v) is 3.16. The smallest absolute Gasteiger partial charge is 0.306 e. The molecule has 148 valence electrons. The quantitative estimate of drug-likeness (QED) is 0.850. The second-order valence-corrected chi connectivity index (χ2v) is 6.83. The second-order valence-electron chi connectivity index (χ2n) is 6.83. The lowest BCUT2D eigenvalue weighted by molar-refractivity contribution is -0.145. The Hall–Kier alpha value is -3.16. The number of hydrogen-bond acceptors (Lipinski definition) is 4. The zero-order chi connectivity index (χ0) is 20.3. The minimum absolute atomic E-state index is 0.0826. The van der Waals surface area contributed by atoms with Gasteiger partial charge in [-0.3, -0.25) is 14.4 Å². The number of hydrogen-bond donors (Lipinski definition) is 1. The predicted molar refractivity (Wildman–Crippen MR) is 98.0 cm³/mol. The van der Waals surface area contributed by atoms with E-state index in [9.17, 15) is 18.8 Å². The van der Waals surface area contributed by atoms with Gasteiger partial charge in [-0.2, -0.15) is 0 Å². The second kappa shape index (κ2) is 8.24. The highest BCUT2D eigenvalue weighted by atomic mass is 19.1. The number of amides is 2. The first-order valence-electron chi connectivity index (χ1n) is 8.97. The number of carbonyl (C=O) groups is 3. The standard InChI is InChI=1S/C20H21FN2O5/c1-22(12-18(24)23-10-8-14(9-11-23)20(26)27)19(25)17-7-6-16(28-17)13-2-4-15(21)5-3-13/h2-7,14H,8-12H2,1H3,(H,26,27). The molecular weight excluding hydrogens is 367 g/mol. The van der Waals surface area contributed by atoms with Crippen molar-refractivity contribution in [3.63, 3.8) is 0 Å². The van der Waals surface area contributed by atoms with Gasteiger partial charge in [0.1, 0.15) is 11.6 Å². The molecule has 0 spiro atoms. The molecule has 7 nitrogen and oxygen atoms in total. The van der Waals surface area contributed by atoms with Crippen molar-refractivity contribution in [1.82, 2.24) is 9.80 Å². The van der Waals surface area contributed by atoms with Crippen LogP contribution in [0.15, 0.2) is 40.8 Å². The van der Waals surface area contributed by atoms with Gasteiger partial charge in [0.15, 0.2) is 5.76 Å². The summed E-state index contributed by atoms with van der Waals surface area (Å²) < 4.78 is 18.6. The number of carboxylic acids is 1. The third-order valence-corrected chi connectivity index (χ3v) is 4.86. The van der Waals surface area contributed by atoms with Crippen molar-refractivity contribution in [3.05, 3.63) is 48.0 Å². The fraction of sp³-hybridized carbons (Fsp3) is 0.350. The molecule has 2 heterocycles. The maximum atomic E-state index is 13.0. The van der Waals surface area contributed by atoms with Gasteiger partial charge in [0.25, 0.3) is 5.91 Å². The SMILES string of the molecule is CN(CC(=O)N1CCC(C(=O)O)CC1)C(=O)c1ccc(-c2ccc(F)cc2)o1. The molecule has 1 fully saturated rings. The predicted octanol–water partition coefficient (Wildman–Crippen LogP) is 2.48. The summed E-state index contributed by atoms with van der Waals surface area (Å²) in [5.74, 6) is -1.78. The van der Waals surface area contributed by atoms with E-state index in [1.165, 1.54) is 30.1 Å². The summed E-state index contributed by atoms with van der Waals surface area (Å²) in [4.78, 5) is 38.8. The van der Waals surface area contributed by atoms with Crippen LogP contribution in [0.5, 0.6) is 0 Å². The zero-order valence-corrected chi connectivity index (χ0v) is 15.4. The van der Waals surface area contributed by atoms with Crippen molar-refractivity contribution in [2.75, 3.05) is 26.7 Å². The van der Waals surface area contributed by atoms with Crippen LogP contribution in [0.2, 0.25) is 0 Å². The van der Waals surface area contributed by atoms with Gasteiger partial charge in [0.2, 0.25) is 5.91 Å². The van der Waals surface area contributed by atoms with Crippen LogP contribution in [0, 0.1) is 11.7 Å². The third kappa shape index (κ3) is 4.39. The Balaban J connectivity index is 1.58. The molecule has 0 saturated carbocycles. The highest BCUT2D eigenvalue weighted by molar-refractivity contribution is 5.94. The number of benzene rings is 1. The van der Waals surface area contributed by atoms with Crippen molar-refractivity contribution < 1.29 is 28.3 Å². The first-order chi connectivity index (χ1) is 13.3. The van der Waals surface area contributed by atoms with Crippen LogP contribution in [0.3, 0.4) is 0 Å². The van der Waals surface area contributed by atoms with E-state index < -0.39 is 17.8 Å². The van der Waals surface area contributed by atoms with E-state index in [4.69, 9.17) is 9.52 Å². The molecule has 1 aromatic heterocycles. The van der Waals surface area contributed by atoms with Crippen LogP contribution < -0.4 is 0 Å². The highest BCUT2D eigenvalue weighted by Crippen LogP contribution is 2.23. The van der Waals surface area contributed by atoms with Crippen molar-refractivity contribution in [3.8, 4) is 11.3 Å². The Morgan fingerprint density at radius 2 is 1.79 bits per heavy atom. The summed E-state index contributed by atoms with van der Waals surface area (Å²) in [6.45, 7) is 0.615. The minimum atomic E-state index is -0.839. The van der Waals surface area contributed by atoms with E-state index in [1.807, 2.05) is 0 Å². The topological polar surface area (TPSA) is 91.1 Å². The molecule has 2 aromatic rings. The van der Waals surface area contributed by atoms with Gasteiger partial charge in [0.05, 0.1) is 12.5 Å². The molecule has 0 bridgehead atoms. The Morgan fingerprint density at radius 3 is 2.39 bits per heavy atom. The normalized spacial score (nSPS) is 14.7. The summed E-state index contributed by atoms with van der Waals surface area (Å²) in [5.41, 5.74) is 0.639. The number of rotatable bonds is 5. The largest absolute Gasteiger partial charge is 0.481 e. The van der Waals surface area contributed by atoms with Gasteiger partial charge >= 0.3 is 5.97 Å². The van der Waals surface area contributed by atoms with Crippen LogP contribution in [0.1, 0.15) is 23.4 Å². The monoisotopic (exact) mass is 388 g/mol. The summed E-state index contributed by atoms with van der Waals surface area (Å²) in [6.07, 6.45) is 0.829. The Labute approximate surface area is 161 Å². The van der Waals surface area contributed by atoms with Crippen molar-refractivity contribution in [2.45, 2.75) is 12.8 Å². The van der Waals surface area contributed by atoms with Crippen LogP contribution >= 0.6 is 0 Å². The molecule has 2 amide bonds. The fourth-order valence-electron chi connectivity index (χ4n) is 3.16. The van der Waals surface area contributed by atoms with Crippen LogP contribution in [-0.4, -0.2) is 59.4 Å². The van der Waals surface area contributed by atoms with Crippen LogP contribution in [0.25, 0.3) is 11.3 Å². The number of likely N-dealkylation sites (N-methyl/N-ethyl adjacent to an activating group) is 1. The molecule has 1 saturated heterocycles. The summed E-state index contributed by atoms with van der Waals surface area (Å²) in [7, 11) is 1.50.